The van der Waals surface area contributed by atoms with E-state index in [2.05, 4.69) is 32.6 Å². The van der Waals surface area contributed by atoms with Gasteiger partial charge in [-0.15, -0.1) is 6.58 Å². The molecule has 50 valence electrons. The molecular formula is C9H14. The molecule has 0 aromatic rings. The zero-order chi connectivity index (χ0) is 6.91. The van der Waals surface area contributed by atoms with Crippen LogP contribution in [-0.4, -0.2) is 0 Å². The highest BCUT2D eigenvalue weighted by molar-refractivity contribution is 5.21. The van der Waals surface area contributed by atoms with Crippen LogP contribution in [0.2, 0.25) is 0 Å². The summed E-state index contributed by atoms with van der Waals surface area (Å²) in [6, 6.07) is 0. The molecule has 0 nitrogen and oxygen atoms in total. The number of hydrogen-bond acceptors (Lipinski definition) is 0. The predicted octanol–water partition coefficient (Wildman–Crippen LogP) is 2.92. The Morgan fingerprint density at radius 2 is 2.11 bits per heavy atom. The molecule has 0 spiro atoms. The fourth-order valence-electron chi connectivity index (χ4n) is 1.33. The van der Waals surface area contributed by atoms with Gasteiger partial charge in [0.25, 0.3) is 0 Å². The van der Waals surface area contributed by atoms with E-state index in [0.717, 1.165) is 0 Å². The van der Waals surface area contributed by atoms with Crippen molar-refractivity contribution < 1.29 is 0 Å². The van der Waals surface area contributed by atoms with Crippen molar-refractivity contribution >= 4 is 0 Å². The second kappa shape index (κ2) is 2.02. The third-order valence-corrected chi connectivity index (χ3v) is 2.16. The maximum Gasteiger partial charge on any atom is -0.00750 e. The Morgan fingerprint density at radius 1 is 1.56 bits per heavy atom. The van der Waals surface area contributed by atoms with Crippen LogP contribution in [0.25, 0.3) is 0 Å². The number of allylic oxidation sites excluding steroid dienone is 3. The molecule has 0 atom stereocenters. The Hall–Kier alpha value is -0.520. The molecule has 0 radical (unpaired) electrons. The van der Waals surface area contributed by atoms with Gasteiger partial charge in [-0.1, -0.05) is 24.6 Å². The van der Waals surface area contributed by atoms with Gasteiger partial charge < -0.3 is 0 Å². The minimum absolute atomic E-state index is 0.432. The van der Waals surface area contributed by atoms with Gasteiger partial charge in [0, 0.05) is 0 Å². The van der Waals surface area contributed by atoms with Crippen LogP contribution in [0.4, 0.5) is 0 Å². The molecule has 0 saturated heterocycles. The summed E-state index contributed by atoms with van der Waals surface area (Å²) in [6.45, 7) is 8.16. The first-order valence-electron chi connectivity index (χ1n) is 3.48. The Morgan fingerprint density at radius 3 is 2.44 bits per heavy atom. The zero-order valence-electron chi connectivity index (χ0n) is 6.28. The lowest BCUT2D eigenvalue weighted by Crippen LogP contribution is -2.24. The van der Waals surface area contributed by atoms with Gasteiger partial charge in [-0.2, -0.15) is 0 Å². The summed E-state index contributed by atoms with van der Waals surface area (Å²) in [5.41, 5.74) is 2.01. The van der Waals surface area contributed by atoms with E-state index >= 15 is 0 Å². The predicted molar refractivity (Wildman–Crippen MR) is 41.3 cm³/mol. The molecular weight excluding hydrogens is 108 g/mol. The third kappa shape index (κ3) is 1.07. The molecule has 0 bridgehead atoms. The molecule has 1 aliphatic carbocycles. The van der Waals surface area contributed by atoms with Crippen molar-refractivity contribution in [2.75, 3.05) is 0 Å². The first-order valence-corrected chi connectivity index (χ1v) is 3.48. The molecule has 0 unspecified atom stereocenters. The zero-order valence-corrected chi connectivity index (χ0v) is 6.28. The summed E-state index contributed by atoms with van der Waals surface area (Å²) in [6.07, 6.45) is 6.74. The van der Waals surface area contributed by atoms with E-state index in [1.54, 1.807) is 5.57 Å². The van der Waals surface area contributed by atoms with Crippen LogP contribution in [0.15, 0.2) is 24.3 Å². The fourth-order valence-corrected chi connectivity index (χ4v) is 1.33. The van der Waals surface area contributed by atoms with E-state index in [-0.39, 0.29) is 0 Å². The van der Waals surface area contributed by atoms with Gasteiger partial charge in [0.1, 0.15) is 0 Å². The maximum absolute atomic E-state index is 3.80. The van der Waals surface area contributed by atoms with Crippen molar-refractivity contribution in [2.45, 2.75) is 26.7 Å². The van der Waals surface area contributed by atoms with Crippen molar-refractivity contribution in [3.63, 3.8) is 0 Å². The van der Waals surface area contributed by atoms with Crippen LogP contribution in [0.1, 0.15) is 26.7 Å². The minimum Gasteiger partial charge on any atom is -0.103 e. The summed E-state index contributed by atoms with van der Waals surface area (Å²) in [5.74, 6) is 0. The van der Waals surface area contributed by atoms with Crippen molar-refractivity contribution in [2.24, 2.45) is 5.41 Å². The van der Waals surface area contributed by atoms with E-state index in [0.29, 0.717) is 5.41 Å². The first kappa shape index (κ1) is 6.60. The van der Waals surface area contributed by atoms with Crippen molar-refractivity contribution in [1.29, 1.82) is 0 Å². The van der Waals surface area contributed by atoms with Gasteiger partial charge in [-0.3, -0.25) is 0 Å². The normalized spacial score (nSPS) is 33.3. The van der Waals surface area contributed by atoms with E-state index in [4.69, 9.17) is 0 Å². The van der Waals surface area contributed by atoms with Crippen LogP contribution in [-0.2, 0) is 0 Å². The third-order valence-electron chi connectivity index (χ3n) is 2.16. The fraction of sp³-hybridized carbons (Fsp3) is 0.556. The average Bonchev–Trinajstić information content (AvgIpc) is 1.81. The SMILES string of the molecule is C=CC1(C)CC(=CC)C1. The highest BCUT2D eigenvalue weighted by atomic mass is 14.4. The standard InChI is InChI=1S/C9H14/c1-4-8-6-9(3,5-2)7-8/h4-5H,2,6-7H2,1,3H3. The van der Waals surface area contributed by atoms with Gasteiger partial charge in [-0.05, 0) is 25.2 Å². The molecule has 0 N–H and O–H groups in total. The molecule has 0 aliphatic heterocycles. The summed E-state index contributed by atoms with van der Waals surface area (Å²) >= 11 is 0. The van der Waals surface area contributed by atoms with Gasteiger partial charge in [-0.25, -0.2) is 0 Å². The Balaban J connectivity index is 2.50. The second-order valence-electron chi connectivity index (χ2n) is 3.16. The van der Waals surface area contributed by atoms with Crippen molar-refractivity contribution in [1.82, 2.24) is 0 Å². The molecule has 0 heteroatoms. The first-order chi connectivity index (χ1) is 4.20. The van der Waals surface area contributed by atoms with Gasteiger partial charge in [0.15, 0.2) is 0 Å². The second-order valence-corrected chi connectivity index (χ2v) is 3.16. The topological polar surface area (TPSA) is 0 Å². The van der Waals surface area contributed by atoms with E-state index < -0.39 is 0 Å². The monoisotopic (exact) mass is 122 g/mol. The van der Waals surface area contributed by atoms with Crippen LogP contribution in [0.3, 0.4) is 0 Å². The molecule has 1 rings (SSSR count). The molecule has 9 heavy (non-hydrogen) atoms. The molecule has 0 heterocycles. The smallest absolute Gasteiger partial charge is 0.00750 e. The Bertz CT molecular complexity index is 143. The highest BCUT2D eigenvalue weighted by Gasteiger charge is 2.31. The lowest BCUT2D eigenvalue weighted by molar-refractivity contribution is 0.325. The maximum atomic E-state index is 3.80. The van der Waals surface area contributed by atoms with E-state index in [1.807, 2.05) is 0 Å². The largest absolute Gasteiger partial charge is 0.103 e. The average molecular weight is 122 g/mol. The van der Waals surface area contributed by atoms with Crippen LogP contribution in [0, 0.1) is 5.41 Å². The molecule has 0 aromatic carbocycles. The van der Waals surface area contributed by atoms with Gasteiger partial charge in [0.2, 0.25) is 0 Å². The minimum atomic E-state index is 0.432. The lowest BCUT2D eigenvalue weighted by Gasteiger charge is -2.38. The molecule has 1 aliphatic rings. The van der Waals surface area contributed by atoms with E-state index in [9.17, 15) is 0 Å². The lowest BCUT2D eigenvalue weighted by atomic mass is 9.67. The van der Waals surface area contributed by atoms with E-state index in [1.165, 1.54) is 12.8 Å². The number of hydrogen-bond donors (Lipinski definition) is 0. The quantitative estimate of drug-likeness (QED) is 0.469. The van der Waals surface area contributed by atoms with Gasteiger partial charge in [0.05, 0.1) is 0 Å². The van der Waals surface area contributed by atoms with Gasteiger partial charge >= 0.3 is 0 Å². The van der Waals surface area contributed by atoms with Crippen LogP contribution < -0.4 is 0 Å². The summed E-state index contributed by atoms with van der Waals surface area (Å²) < 4.78 is 0. The summed E-state index contributed by atoms with van der Waals surface area (Å²) in [5, 5.41) is 0. The molecule has 1 fully saturated rings. The highest BCUT2D eigenvalue weighted by Crippen LogP contribution is 2.45. The summed E-state index contributed by atoms with van der Waals surface area (Å²) in [7, 11) is 0. The molecule has 1 saturated carbocycles. The van der Waals surface area contributed by atoms with Crippen molar-refractivity contribution in [3.05, 3.63) is 24.3 Å². The number of rotatable bonds is 1. The molecule has 0 aromatic heterocycles. The molecule has 0 amide bonds. The van der Waals surface area contributed by atoms with Crippen LogP contribution >= 0.6 is 0 Å². The Kier molecular flexibility index (Phi) is 1.48. The Labute approximate surface area is 57.3 Å². The summed E-state index contributed by atoms with van der Waals surface area (Å²) in [4.78, 5) is 0. The van der Waals surface area contributed by atoms with Crippen LogP contribution in [0.5, 0.6) is 0 Å². The van der Waals surface area contributed by atoms with Crippen molar-refractivity contribution in [3.8, 4) is 0 Å².